The lowest BCUT2D eigenvalue weighted by atomic mass is 9.95. The first-order chi connectivity index (χ1) is 7.86. The highest BCUT2D eigenvalue weighted by Gasteiger charge is 2.34. The quantitative estimate of drug-likeness (QED) is 0.793. The first-order valence-electron chi connectivity index (χ1n) is 5.44. The Morgan fingerprint density at radius 2 is 1.94 bits per heavy atom. The van der Waals surface area contributed by atoms with Crippen LogP contribution in [0.1, 0.15) is 36.9 Å². The highest BCUT2D eigenvalue weighted by Crippen LogP contribution is 2.35. The number of hydrogen-bond acceptors (Lipinski definition) is 1. The molecule has 0 saturated heterocycles. The Labute approximate surface area is 99.1 Å². The zero-order chi connectivity index (χ0) is 13.1. The molecular formula is C13H16F3N. The van der Waals surface area contributed by atoms with Crippen LogP contribution in [0.3, 0.4) is 0 Å². The molecule has 94 valence electrons. The predicted molar refractivity (Wildman–Crippen MR) is 62.4 cm³/mol. The van der Waals surface area contributed by atoms with Crippen molar-refractivity contribution >= 4 is 0 Å². The third-order valence-electron chi connectivity index (χ3n) is 2.67. The van der Waals surface area contributed by atoms with Crippen LogP contribution in [0.25, 0.3) is 0 Å². The minimum atomic E-state index is -4.36. The molecular weight excluding hydrogens is 227 g/mol. The van der Waals surface area contributed by atoms with E-state index < -0.39 is 17.8 Å². The van der Waals surface area contributed by atoms with Gasteiger partial charge in [-0.1, -0.05) is 37.3 Å². The van der Waals surface area contributed by atoms with Crippen molar-refractivity contribution in [1.82, 2.24) is 0 Å². The van der Waals surface area contributed by atoms with Crippen LogP contribution in [0.15, 0.2) is 36.4 Å². The lowest BCUT2D eigenvalue weighted by molar-refractivity contribution is -0.138. The second kappa shape index (κ2) is 5.36. The van der Waals surface area contributed by atoms with Gasteiger partial charge in [-0.25, -0.2) is 0 Å². The molecule has 0 aliphatic carbocycles. The number of halogens is 3. The SMILES string of the molecule is C=C(CC)CC(N)c1ccccc1C(F)(F)F. The maximum Gasteiger partial charge on any atom is 0.416 e. The fourth-order valence-corrected chi connectivity index (χ4v) is 1.64. The molecule has 1 rings (SSSR count). The summed E-state index contributed by atoms with van der Waals surface area (Å²) in [5.41, 5.74) is 6.14. The molecule has 1 aromatic carbocycles. The molecule has 0 saturated carbocycles. The second-order valence-corrected chi connectivity index (χ2v) is 4.00. The Morgan fingerprint density at radius 1 is 1.35 bits per heavy atom. The van der Waals surface area contributed by atoms with Crippen LogP contribution in [-0.4, -0.2) is 0 Å². The van der Waals surface area contributed by atoms with E-state index in [-0.39, 0.29) is 5.56 Å². The van der Waals surface area contributed by atoms with Gasteiger partial charge in [0.05, 0.1) is 5.56 Å². The van der Waals surface area contributed by atoms with E-state index >= 15 is 0 Å². The van der Waals surface area contributed by atoms with E-state index in [2.05, 4.69) is 6.58 Å². The maximum atomic E-state index is 12.8. The predicted octanol–water partition coefficient (Wildman–Crippen LogP) is 4.06. The van der Waals surface area contributed by atoms with Crippen molar-refractivity contribution in [2.24, 2.45) is 5.73 Å². The minimum Gasteiger partial charge on any atom is -0.324 e. The van der Waals surface area contributed by atoms with E-state index in [1.807, 2.05) is 6.92 Å². The molecule has 0 amide bonds. The summed E-state index contributed by atoms with van der Waals surface area (Å²) in [6.07, 6.45) is -3.26. The Balaban J connectivity index is 3.01. The van der Waals surface area contributed by atoms with Crippen molar-refractivity contribution in [3.63, 3.8) is 0 Å². The molecule has 0 spiro atoms. The maximum absolute atomic E-state index is 12.8. The van der Waals surface area contributed by atoms with E-state index in [1.165, 1.54) is 12.1 Å². The molecule has 0 radical (unpaired) electrons. The fraction of sp³-hybridized carbons (Fsp3) is 0.385. The average molecular weight is 243 g/mol. The summed E-state index contributed by atoms with van der Waals surface area (Å²) in [6.45, 7) is 5.68. The lowest BCUT2D eigenvalue weighted by Gasteiger charge is -2.18. The van der Waals surface area contributed by atoms with E-state index in [0.717, 1.165) is 18.1 Å². The molecule has 0 aromatic heterocycles. The molecule has 0 bridgehead atoms. The van der Waals surface area contributed by atoms with Gasteiger partial charge in [0.15, 0.2) is 0 Å². The smallest absolute Gasteiger partial charge is 0.324 e. The van der Waals surface area contributed by atoms with Gasteiger partial charge in [0.2, 0.25) is 0 Å². The number of alkyl halides is 3. The van der Waals surface area contributed by atoms with Gasteiger partial charge in [-0.05, 0) is 24.5 Å². The Morgan fingerprint density at radius 3 is 2.47 bits per heavy atom. The minimum absolute atomic E-state index is 0.134. The van der Waals surface area contributed by atoms with E-state index in [9.17, 15) is 13.2 Å². The van der Waals surface area contributed by atoms with Crippen molar-refractivity contribution in [2.75, 3.05) is 0 Å². The number of benzene rings is 1. The highest BCUT2D eigenvalue weighted by molar-refractivity contribution is 5.32. The van der Waals surface area contributed by atoms with Crippen LogP contribution in [0, 0.1) is 0 Å². The molecule has 17 heavy (non-hydrogen) atoms. The summed E-state index contributed by atoms with van der Waals surface area (Å²) >= 11 is 0. The monoisotopic (exact) mass is 243 g/mol. The highest BCUT2D eigenvalue weighted by atomic mass is 19.4. The summed E-state index contributed by atoms with van der Waals surface area (Å²) in [6, 6.07) is 4.77. The summed E-state index contributed by atoms with van der Waals surface area (Å²) in [5.74, 6) is 0. The Kier molecular flexibility index (Phi) is 4.34. The average Bonchev–Trinajstić information content (AvgIpc) is 2.27. The number of hydrogen-bond donors (Lipinski definition) is 1. The summed E-state index contributed by atoms with van der Waals surface area (Å²) < 4.78 is 38.3. The zero-order valence-corrected chi connectivity index (χ0v) is 9.72. The Hall–Kier alpha value is -1.29. The fourth-order valence-electron chi connectivity index (χ4n) is 1.64. The summed E-state index contributed by atoms with van der Waals surface area (Å²) in [4.78, 5) is 0. The molecule has 1 aromatic rings. The molecule has 1 atom stereocenters. The zero-order valence-electron chi connectivity index (χ0n) is 9.72. The van der Waals surface area contributed by atoms with Crippen molar-refractivity contribution in [3.05, 3.63) is 47.5 Å². The lowest BCUT2D eigenvalue weighted by Crippen LogP contribution is -2.17. The normalized spacial score (nSPS) is 13.5. The molecule has 4 heteroatoms. The summed E-state index contributed by atoms with van der Waals surface area (Å²) in [5, 5.41) is 0. The van der Waals surface area contributed by atoms with Crippen LogP contribution in [-0.2, 0) is 6.18 Å². The van der Waals surface area contributed by atoms with Gasteiger partial charge in [0.25, 0.3) is 0 Å². The van der Waals surface area contributed by atoms with Crippen molar-refractivity contribution in [2.45, 2.75) is 32.0 Å². The summed E-state index contributed by atoms with van der Waals surface area (Å²) in [7, 11) is 0. The van der Waals surface area contributed by atoms with Crippen LogP contribution < -0.4 is 5.73 Å². The third kappa shape index (κ3) is 3.60. The van der Waals surface area contributed by atoms with Gasteiger partial charge in [-0.2, -0.15) is 13.2 Å². The standard InChI is InChI=1S/C13H16F3N/c1-3-9(2)8-12(17)10-6-4-5-7-11(10)13(14,15)16/h4-7,12H,2-3,8,17H2,1H3. The number of rotatable bonds is 4. The van der Waals surface area contributed by atoms with Crippen molar-refractivity contribution in [1.29, 1.82) is 0 Å². The van der Waals surface area contributed by atoms with E-state index in [1.54, 1.807) is 6.07 Å². The van der Waals surface area contributed by atoms with Gasteiger partial charge in [0, 0.05) is 6.04 Å². The third-order valence-corrected chi connectivity index (χ3v) is 2.67. The first-order valence-corrected chi connectivity index (χ1v) is 5.44. The molecule has 0 fully saturated rings. The topological polar surface area (TPSA) is 26.0 Å². The molecule has 0 heterocycles. The van der Waals surface area contributed by atoms with Gasteiger partial charge in [0.1, 0.15) is 0 Å². The molecule has 1 unspecified atom stereocenters. The molecule has 2 N–H and O–H groups in total. The van der Waals surface area contributed by atoms with Crippen molar-refractivity contribution in [3.8, 4) is 0 Å². The first kappa shape index (κ1) is 13.8. The van der Waals surface area contributed by atoms with Crippen LogP contribution in [0.5, 0.6) is 0 Å². The van der Waals surface area contributed by atoms with Crippen LogP contribution in [0.2, 0.25) is 0 Å². The largest absolute Gasteiger partial charge is 0.416 e. The van der Waals surface area contributed by atoms with Gasteiger partial charge in [-0.3, -0.25) is 0 Å². The number of nitrogens with two attached hydrogens (primary N) is 1. The van der Waals surface area contributed by atoms with Crippen LogP contribution >= 0.6 is 0 Å². The van der Waals surface area contributed by atoms with Gasteiger partial charge >= 0.3 is 6.18 Å². The molecule has 0 aliphatic heterocycles. The molecule has 0 aliphatic rings. The van der Waals surface area contributed by atoms with E-state index in [4.69, 9.17) is 5.73 Å². The molecule has 1 nitrogen and oxygen atoms in total. The van der Waals surface area contributed by atoms with Crippen LogP contribution in [0.4, 0.5) is 13.2 Å². The Bertz CT molecular complexity index is 396. The van der Waals surface area contributed by atoms with Crippen molar-refractivity contribution < 1.29 is 13.2 Å². The second-order valence-electron chi connectivity index (χ2n) is 4.00. The van der Waals surface area contributed by atoms with E-state index in [0.29, 0.717) is 6.42 Å². The van der Waals surface area contributed by atoms with Gasteiger partial charge in [-0.15, -0.1) is 0 Å². The van der Waals surface area contributed by atoms with Gasteiger partial charge < -0.3 is 5.73 Å².